The lowest BCUT2D eigenvalue weighted by molar-refractivity contribution is 0.430. The van der Waals surface area contributed by atoms with Crippen molar-refractivity contribution in [3.8, 4) is 12.0 Å². The minimum Gasteiger partial charge on any atom is -0.443 e. The summed E-state index contributed by atoms with van der Waals surface area (Å²) in [7, 11) is 3.08. The van der Waals surface area contributed by atoms with Gasteiger partial charge in [0.25, 0.3) is 0 Å². The first-order valence-electron chi connectivity index (χ1n) is 2.30. The Hall–Kier alpha value is -0.640. The molecule has 0 aromatic carbocycles. The first-order chi connectivity index (χ1) is 3.41. The Bertz CT molecular complexity index is 75.9. The van der Waals surface area contributed by atoms with Crippen LogP contribution in [0.15, 0.2) is 0 Å². The molecule has 0 saturated heterocycles. The molecule has 0 spiro atoms. The van der Waals surface area contributed by atoms with Crippen LogP contribution in [0, 0.1) is 19.1 Å². The molecule has 0 saturated carbocycles. The third-order valence-corrected chi connectivity index (χ3v) is 0.519. The Labute approximate surface area is 44.7 Å². The average Bonchev–Trinajstić information content (AvgIpc) is 1.69. The van der Waals surface area contributed by atoms with Gasteiger partial charge in [-0.25, -0.2) is 0 Å². The Morgan fingerprint density at radius 1 is 1.71 bits per heavy atom. The molecule has 1 radical (unpaired) electrons. The summed E-state index contributed by atoms with van der Waals surface area (Å²) >= 11 is 0. The van der Waals surface area contributed by atoms with E-state index in [1.54, 1.807) is 0 Å². The average molecular weight is 97.1 g/mol. The summed E-state index contributed by atoms with van der Waals surface area (Å²) < 4.78 is 4.23. The third-order valence-electron chi connectivity index (χ3n) is 0.519. The minimum atomic E-state index is 0.898. The maximum atomic E-state index is 4.23. The molecule has 39 valence electrons. The highest BCUT2D eigenvalue weighted by Crippen LogP contribution is 1.79. The third kappa shape index (κ3) is 5.36. The zero-order valence-electron chi connectivity index (χ0n) is 4.53. The first kappa shape index (κ1) is 6.36. The summed E-state index contributed by atoms with van der Waals surface area (Å²) in [4.78, 5) is 0. The fourth-order valence-electron chi connectivity index (χ4n) is 0.227. The topological polar surface area (TPSA) is 9.23 Å². The normalized spacial score (nSPS) is 6.57. The van der Waals surface area contributed by atoms with Crippen molar-refractivity contribution < 1.29 is 4.74 Å². The Morgan fingerprint density at radius 3 is 2.86 bits per heavy atom. The maximum Gasteiger partial charge on any atom is 0.135 e. The second-order valence-electron chi connectivity index (χ2n) is 1.17. The lowest BCUT2D eigenvalue weighted by Crippen LogP contribution is -1.62. The molecule has 0 aromatic rings. The van der Waals surface area contributed by atoms with E-state index in [-0.39, 0.29) is 0 Å². The smallest absolute Gasteiger partial charge is 0.135 e. The van der Waals surface area contributed by atoms with Crippen molar-refractivity contribution in [1.82, 2.24) is 0 Å². The van der Waals surface area contributed by atoms with Crippen LogP contribution in [0.25, 0.3) is 0 Å². The number of ether oxygens (including phenoxy) is 1. The van der Waals surface area contributed by atoms with Crippen LogP contribution in [0.1, 0.15) is 19.8 Å². The van der Waals surface area contributed by atoms with Gasteiger partial charge in [0.05, 0.1) is 0 Å². The molecular weight excluding hydrogens is 88.1 g/mol. The van der Waals surface area contributed by atoms with Gasteiger partial charge in [-0.2, -0.15) is 0 Å². The second-order valence-corrected chi connectivity index (χ2v) is 1.17. The molecule has 0 aliphatic heterocycles. The van der Waals surface area contributed by atoms with Crippen LogP contribution in [0.2, 0.25) is 0 Å². The summed E-state index contributed by atoms with van der Waals surface area (Å²) in [5, 5.41) is 0. The number of unbranched alkanes of at least 4 members (excludes halogenated alkanes) is 1. The van der Waals surface area contributed by atoms with E-state index in [0.717, 1.165) is 12.8 Å². The molecule has 0 atom stereocenters. The molecule has 0 amide bonds. The van der Waals surface area contributed by atoms with Crippen molar-refractivity contribution >= 4 is 0 Å². The number of hydrogen-bond donors (Lipinski definition) is 0. The summed E-state index contributed by atoms with van der Waals surface area (Å²) in [6.45, 7) is 2.07. The van der Waals surface area contributed by atoms with E-state index >= 15 is 0 Å². The van der Waals surface area contributed by atoms with Crippen LogP contribution in [-0.2, 0) is 4.74 Å². The zero-order chi connectivity index (χ0) is 5.54. The fourth-order valence-corrected chi connectivity index (χ4v) is 0.227. The quantitative estimate of drug-likeness (QED) is 0.451. The SMILES string of the molecule is [CH2]OC#CCCC. The molecule has 0 unspecified atom stereocenters. The molecular formula is C6H9O. The van der Waals surface area contributed by atoms with E-state index in [1.807, 2.05) is 0 Å². The van der Waals surface area contributed by atoms with Gasteiger partial charge in [0.2, 0.25) is 0 Å². The summed E-state index contributed by atoms with van der Waals surface area (Å²) in [5.74, 6) is 2.75. The molecule has 0 heterocycles. The van der Waals surface area contributed by atoms with Crippen LogP contribution < -0.4 is 0 Å². The molecule has 0 fully saturated rings. The highest BCUT2D eigenvalue weighted by molar-refractivity contribution is 4.90. The lowest BCUT2D eigenvalue weighted by atomic mass is 10.4. The van der Waals surface area contributed by atoms with Gasteiger partial charge in [0.1, 0.15) is 13.2 Å². The van der Waals surface area contributed by atoms with Crippen molar-refractivity contribution in [3.05, 3.63) is 7.11 Å². The molecule has 0 N–H and O–H groups in total. The molecule has 0 aromatic heterocycles. The standard InChI is InChI=1S/C6H9O/c1-3-4-5-6-7-2/h2-4H2,1H3. The number of hydrogen-bond acceptors (Lipinski definition) is 1. The monoisotopic (exact) mass is 97.1 g/mol. The van der Waals surface area contributed by atoms with Crippen molar-refractivity contribution in [2.24, 2.45) is 0 Å². The van der Waals surface area contributed by atoms with E-state index in [4.69, 9.17) is 0 Å². The summed E-state index contributed by atoms with van der Waals surface area (Å²) in [6, 6.07) is 0. The van der Waals surface area contributed by atoms with Crippen LogP contribution >= 0.6 is 0 Å². The van der Waals surface area contributed by atoms with Gasteiger partial charge in [0, 0.05) is 6.42 Å². The molecule has 0 aliphatic carbocycles. The molecule has 1 heteroatoms. The molecule has 0 aliphatic rings. The van der Waals surface area contributed by atoms with Gasteiger partial charge in [0.15, 0.2) is 0 Å². The van der Waals surface area contributed by atoms with Crippen molar-refractivity contribution in [2.45, 2.75) is 19.8 Å². The summed E-state index contributed by atoms with van der Waals surface area (Å²) in [5.41, 5.74) is 0. The van der Waals surface area contributed by atoms with Crippen LogP contribution in [0.5, 0.6) is 0 Å². The molecule has 0 bridgehead atoms. The highest BCUT2D eigenvalue weighted by atomic mass is 16.5. The van der Waals surface area contributed by atoms with Crippen LogP contribution in [-0.4, -0.2) is 0 Å². The number of rotatable bonds is 1. The van der Waals surface area contributed by atoms with Gasteiger partial charge in [-0.3, -0.25) is 0 Å². The largest absolute Gasteiger partial charge is 0.443 e. The first-order valence-corrected chi connectivity index (χ1v) is 2.30. The molecule has 1 nitrogen and oxygen atoms in total. The maximum absolute atomic E-state index is 4.23. The van der Waals surface area contributed by atoms with Gasteiger partial charge in [-0.15, -0.1) is 0 Å². The fraction of sp³-hybridized carbons (Fsp3) is 0.500. The summed E-state index contributed by atoms with van der Waals surface area (Å²) in [6.07, 6.45) is 4.37. The Balaban J connectivity index is 2.91. The Kier molecular flexibility index (Phi) is 4.87. The second kappa shape index (κ2) is 5.36. The van der Waals surface area contributed by atoms with E-state index in [9.17, 15) is 0 Å². The molecule has 7 heavy (non-hydrogen) atoms. The van der Waals surface area contributed by atoms with Gasteiger partial charge in [-0.05, 0) is 6.42 Å². The van der Waals surface area contributed by atoms with Gasteiger partial charge >= 0.3 is 0 Å². The zero-order valence-corrected chi connectivity index (χ0v) is 4.53. The van der Waals surface area contributed by atoms with E-state index in [1.165, 1.54) is 0 Å². The van der Waals surface area contributed by atoms with Crippen molar-refractivity contribution in [2.75, 3.05) is 0 Å². The highest BCUT2D eigenvalue weighted by Gasteiger charge is 1.66. The van der Waals surface area contributed by atoms with E-state index in [0.29, 0.717) is 0 Å². The van der Waals surface area contributed by atoms with Gasteiger partial charge in [-0.1, -0.05) is 12.8 Å². The van der Waals surface area contributed by atoms with E-state index in [2.05, 4.69) is 30.8 Å². The predicted molar refractivity (Wildman–Crippen MR) is 29.1 cm³/mol. The van der Waals surface area contributed by atoms with Gasteiger partial charge < -0.3 is 4.74 Å². The predicted octanol–water partition coefficient (Wildman–Crippen LogP) is 1.56. The Morgan fingerprint density at radius 2 is 2.43 bits per heavy atom. The lowest BCUT2D eigenvalue weighted by Gasteiger charge is -1.76. The van der Waals surface area contributed by atoms with Crippen molar-refractivity contribution in [1.29, 1.82) is 0 Å². The van der Waals surface area contributed by atoms with Crippen LogP contribution in [0.3, 0.4) is 0 Å². The minimum absolute atomic E-state index is 0.898. The van der Waals surface area contributed by atoms with Crippen LogP contribution in [0.4, 0.5) is 0 Å². The van der Waals surface area contributed by atoms with Crippen molar-refractivity contribution in [3.63, 3.8) is 0 Å². The van der Waals surface area contributed by atoms with E-state index < -0.39 is 0 Å². The molecule has 0 rings (SSSR count).